The minimum absolute atomic E-state index is 0.279. The SMILES string of the molecule is [2H]c1cc2c([2H])c([2H])c([2H])c([2H])c2c(-c2c3c([2H])c([2H])c([2H])c([2H])c3c(-c3c([2H])c([2H])c4c([2H])c([2H])c([2H])c([2H])c4c3[2H])c3c([2H])c([2H])c([2H])c([2H])c23)c1[2H]. The summed E-state index contributed by atoms with van der Waals surface area (Å²) in [5, 5.41) is -4.08. The van der Waals surface area contributed by atoms with Crippen LogP contribution in [0, 0.1) is 0 Å². The minimum atomic E-state index is -0.885. The van der Waals surface area contributed by atoms with Crippen LogP contribution in [0.25, 0.3) is 65.3 Å². The fourth-order valence-electron chi connectivity index (χ4n) is 4.09. The van der Waals surface area contributed by atoms with E-state index in [1.54, 1.807) is 0 Å². The molecule has 0 aliphatic rings. The standard InChI is InChI=1S/C34H22/c1-2-12-25-22-26(21-20-23(25)10-1)33-29-15-5-7-17-31(29)34(32-18-8-6-16-30(32)33)28-19-9-13-24-11-3-4-14-27(24)28/h1-22H/i1D,2D,3D,4D,5D,6D,7D,8D,9D,10D,11D,12D,14D,15D,16D,17D,18D,19D,20D,21D,22D. The molecule has 0 aliphatic heterocycles. The van der Waals surface area contributed by atoms with E-state index >= 15 is 0 Å². The Hall–Kier alpha value is -4.42. The first-order valence-corrected chi connectivity index (χ1v) is 10.1. The highest BCUT2D eigenvalue weighted by molar-refractivity contribution is 6.23. The average molecular weight is 452 g/mol. The molecule has 0 radical (unpaired) electrons. The summed E-state index contributed by atoms with van der Waals surface area (Å²) < 4.78 is 184. The molecule has 0 saturated heterocycles. The first-order valence-electron chi connectivity index (χ1n) is 20.6. The molecule has 0 spiro atoms. The highest BCUT2D eigenvalue weighted by Crippen LogP contribution is 2.45. The number of fused-ring (bicyclic) bond motifs is 4. The van der Waals surface area contributed by atoms with E-state index in [2.05, 4.69) is 0 Å². The van der Waals surface area contributed by atoms with Crippen molar-refractivity contribution in [2.75, 3.05) is 0 Å². The van der Waals surface area contributed by atoms with E-state index in [1.165, 1.54) is 0 Å². The normalized spacial score (nSPS) is 20.2. The van der Waals surface area contributed by atoms with Crippen LogP contribution >= 0.6 is 0 Å². The maximum atomic E-state index is 9.32. The summed E-state index contributed by atoms with van der Waals surface area (Å²) in [6, 6.07) is -15.7. The zero-order valence-corrected chi connectivity index (χ0v) is 17.1. The molecule has 0 unspecified atom stereocenters. The van der Waals surface area contributed by atoms with E-state index < -0.39 is 187 Å². The van der Waals surface area contributed by atoms with Crippen molar-refractivity contribution in [3.05, 3.63) is 133 Å². The van der Waals surface area contributed by atoms with Crippen molar-refractivity contribution in [2.45, 2.75) is 0 Å². The van der Waals surface area contributed by atoms with Crippen LogP contribution in [0.1, 0.15) is 28.8 Å². The van der Waals surface area contributed by atoms with Crippen LogP contribution in [0.4, 0.5) is 0 Å². The molecule has 0 amide bonds. The quantitative estimate of drug-likeness (QED) is 0.229. The maximum absolute atomic E-state index is 9.32. The lowest BCUT2D eigenvalue weighted by atomic mass is 9.84. The Balaban J connectivity index is 1.95. The Morgan fingerprint density at radius 3 is 1.59 bits per heavy atom. The number of hydrogen-bond donors (Lipinski definition) is 0. The van der Waals surface area contributed by atoms with Gasteiger partial charge in [-0.1, -0.05) is 127 Å². The van der Waals surface area contributed by atoms with Gasteiger partial charge in [0.15, 0.2) is 0 Å². The first-order chi connectivity index (χ1) is 25.6. The van der Waals surface area contributed by atoms with Gasteiger partial charge >= 0.3 is 0 Å². The molecule has 7 aromatic carbocycles. The molecular formula is C34H22. The summed E-state index contributed by atoms with van der Waals surface area (Å²) in [4.78, 5) is 0. The van der Waals surface area contributed by atoms with Crippen molar-refractivity contribution in [2.24, 2.45) is 0 Å². The van der Waals surface area contributed by atoms with Crippen LogP contribution < -0.4 is 0 Å². The third-order valence-electron chi connectivity index (χ3n) is 5.51. The highest BCUT2D eigenvalue weighted by atomic mass is 14.2. The predicted octanol–water partition coefficient (Wildman–Crippen LogP) is 9.63. The Morgan fingerprint density at radius 1 is 0.382 bits per heavy atom. The van der Waals surface area contributed by atoms with Crippen LogP contribution in [-0.2, 0) is 0 Å². The van der Waals surface area contributed by atoms with E-state index in [0.717, 1.165) is 6.07 Å². The van der Waals surface area contributed by atoms with E-state index in [9.17, 15) is 6.85 Å². The van der Waals surface area contributed by atoms with Gasteiger partial charge in [0.05, 0.1) is 28.8 Å². The van der Waals surface area contributed by atoms with Crippen molar-refractivity contribution in [1.82, 2.24) is 0 Å². The molecule has 0 bridgehead atoms. The minimum Gasteiger partial charge on any atom is -0.0616 e. The lowest BCUT2D eigenvalue weighted by molar-refractivity contribution is 1.68. The molecule has 0 N–H and O–H groups in total. The lowest BCUT2D eigenvalue weighted by Crippen LogP contribution is -1.91. The first kappa shape index (κ1) is 7.55. The van der Waals surface area contributed by atoms with Crippen LogP contribution in [0.5, 0.6) is 0 Å². The van der Waals surface area contributed by atoms with Crippen molar-refractivity contribution in [1.29, 1.82) is 0 Å². The van der Waals surface area contributed by atoms with Crippen LogP contribution in [-0.4, -0.2) is 0 Å². The molecular weight excluding hydrogens is 408 g/mol. The average Bonchev–Trinajstić information content (AvgIpc) is 3.15. The Morgan fingerprint density at radius 2 is 0.912 bits per heavy atom. The second-order valence-corrected chi connectivity index (χ2v) is 7.33. The van der Waals surface area contributed by atoms with Crippen molar-refractivity contribution in [3.8, 4) is 22.3 Å². The molecule has 158 valence electrons. The molecule has 0 fully saturated rings. The molecule has 7 rings (SSSR count). The van der Waals surface area contributed by atoms with Gasteiger partial charge < -0.3 is 0 Å². The highest BCUT2D eigenvalue weighted by Gasteiger charge is 2.17. The van der Waals surface area contributed by atoms with Crippen LogP contribution in [0.15, 0.2) is 133 Å². The smallest absolute Gasteiger partial charge is 0.0616 e. The number of rotatable bonds is 2. The zero-order chi connectivity index (χ0) is 40.8. The van der Waals surface area contributed by atoms with Gasteiger partial charge in [0.1, 0.15) is 0 Å². The van der Waals surface area contributed by atoms with E-state index in [1.807, 2.05) is 0 Å². The van der Waals surface area contributed by atoms with E-state index in [-0.39, 0.29) is 5.39 Å². The Kier molecular flexibility index (Phi) is 1.68. The van der Waals surface area contributed by atoms with E-state index in [0.29, 0.717) is 0 Å². The molecule has 0 aliphatic carbocycles. The summed E-state index contributed by atoms with van der Waals surface area (Å²) >= 11 is 0. The molecule has 0 saturated carbocycles. The second kappa shape index (κ2) is 7.57. The van der Waals surface area contributed by atoms with Crippen LogP contribution in [0.3, 0.4) is 0 Å². The van der Waals surface area contributed by atoms with Gasteiger partial charge in [0, 0.05) is 0 Å². The van der Waals surface area contributed by atoms with Gasteiger partial charge in [0.2, 0.25) is 0 Å². The maximum Gasteiger partial charge on any atom is 0.0636 e. The zero-order valence-electron chi connectivity index (χ0n) is 38.1. The van der Waals surface area contributed by atoms with E-state index in [4.69, 9.17) is 21.9 Å². The van der Waals surface area contributed by atoms with Gasteiger partial charge in [-0.05, 0) is 71.4 Å². The van der Waals surface area contributed by atoms with Crippen molar-refractivity contribution < 1.29 is 28.8 Å². The third-order valence-corrected chi connectivity index (χ3v) is 5.51. The van der Waals surface area contributed by atoms with Gasteiger partial charge in [0.25, 0.3) is 0 Å². The molecule has 34 heavy (non-hydrogen) atoms. The summed E-state index contributed by atoms with van der Waals surface area (Å²) in [5.74, 6) is 0. The Bertz CT molecular complexity index is 2910. The van der Waals surface area contributed by atoms with Gasteiger partial charge in [-0.25, -0.2) is 0 Å². The van der Waals surface area contributed by atoms with Gasteiger partial charge in [-0.2, -0.15) is 0 Å². The van der Waals surface area contributed by atoms with Gasteiger partial charge in [-0.3, -0.25) is 0 Å². The van der Waals surface area contributed by atoms with Crippen molar-refractivity contribution >= 4 is 43.1 Å². The van der Waals surface area contributed by atoms with Gasteiger partial charge in [-0.15, -0.1) is 0 Å². The fraction of sp³-hybridized carbons (Fsp3) is 0. The summed E-state index contributed by atoms with van der Waals surface area (Å²) in [7, 11) is 0. The third kappa shape index (κ3) is 2.86. The molecule has 0 heteroatoms. The monoisotopic (exact) mass is 451 g/mol. The Labute approximate surface area is 228 Å². The molecule has 0 atom stereocenters. The second-order valence-electron chi connectivity index (χ2n) is 7.33. The number of benzene rings is 7. The van der Waals surface area contributed by atoms with Crippen molar-refractivity contribution in [3.63, 3.8) is 0 Å². The summed E-state index contributed by atoms with van der Waals surface area (Å²) in [5.41, 5.74) is -2.33. The fourth-order valence-corrected chi connectivity index (χ4v) is 4.09. The summed E-state index contributed by atoms with van der Waals surface area (Å²) in [6.07, 6.45) is 0. The number of hydrogen-bond acceptors (Lipinski definition) is 0. The van der Waals surface area contributed by atoms with Crippen LogP contribution in [0.2, 0.25) is 0 Å². The topological polar surface area (TPSA) is 0 Å². The summed E-state index contributed by atoms with van der Waals surface area (Å²) in [6.45, 7) is 0. The lowest BCUT2D eigenvalue weighted by Gasteiger charge is -2.19. The largest absolute Gasteiger partial charge is 0.0636 e. The molecule has 0 aromatic heterocycles. The molecule has 7 aromatic rings. The molecule has 0 heterocycles. The predicted molar refractivity (Wildman–Crippen MR) is 147 cm³/mol. The molecule has 0 nitrogen and oxygen atoms in total.